The Morgan fingerprint density at radius 1 is 1.43 bits per heavy atom. The molecule has 126 valence electrons. The summed E-state index contributed by atoms with van der Waals surface area (Å²) < 4.78 is 5.12. The number of halogens is 1. The number of hydrogen-bond acceptors (Lipinski definition) is 3. The lowest BCUT2D eigenvalue weighted by Crippen LogP contribution is -2.49. The number of ether oxygens (including phenoxy) is 1. The van der Waals surface area contributed by atoms with Crippen molar-refractivity contribution in [2.45, 2.75) is 25.8 Å². The van der Waals surface area contributed by atoms with E-state index in [9.17, 15) is 9.59 Å². The summed E-state index contributed by atoms with van der Waals surface area (Å²) >= 11 is 6.35. The molecule has 1 saturated heterocycles. The van der Waals surface area contributed by atoms with Gasteiger partial charge in [-0.1, -0.05) is 29.8 Å². The van der Waals surface area contributed by atoms with Crippen LogP contribution in [0.3, 0.4) is 0 Å². The van der Waals surface area contributed by atoms with Crippen LogP contribution in [0.2, 0.25) is 5.02 Å². The van der Waals surface area contributed by atoms with Crippen molar-refractivity contribution in [3.05, 3.63) is 34.9 Å². The predicted molar refractivity (Wildman–Crippen MR) is 89.2 cm³/mol. The third-order valence-corrected chi connectivity index (χ3v) is 4.50. The summed E-state index contributed by atoms with van der Waals surface area (Å²) in [4.78, 5) is 26.6. The molecule has 1 aliphatic rings. The minimum absolute atomic E-state index is 0.0347. The monoisotopic (exact) mass is 338 g/mol. The van der Waals surface area contributed by atoms with E-state index in [1.165, 1.54) is 0 Å². The van der Waals surface area contributed by atoms with Gasteiger partial charge in [-0.2, -0.15) is 0 Å². The van der Waals surface area contributed by atoms with Gasteiger partial charge in [-0.15, -0.1) is 0 Å². The van der Waals surface area contributed by atoms with Gasteiger partial charge in [0, 0.05) is 31.6 Å². The van der Waals surface area contributed by atoms with E-state index >= 15 is 0 Å². The number of piperidine rings is 1. The van der Waals surface area contributed by atoms with Crippen LogP contribution < -0.4 is 5.32 Å². The number of nitrogens with one attached hydrogen (secondary N) is 1. The first-order valence-corrected chi connectivity index (χ1v) is 8.28. The molecule has 2 amide bonds. The van der Waals surface area contributed by atoms with Crippen LogP contribution in [-0.4, -0.2) is 43.5 Å². The maximum atomic E-state index is 12.5. The van der Waals surface area contributed by atoms with Crippen LogP contribution >= 0.6 is 11.6 Å². The van der Waals surface area contributed by atoms with Gasteiger partial charge in [-0.3, -0.25) is 9.59 Å². The Hall–Kier alpha value is -1.59. The molecule has 2 atom stereocenters. The van der Waals surface area contributed by atoms with E-state index in [0.29, 0.717) is 37.6 Å². The summed E-state index contributed by atoms with van der Waals surface area (Å²) in [6.07, 6.45) is 0.899. The number of amides is 2. The largest absolute Gasteiger partial charge is 0.383 e. The quantitative estimate of drug-likeness (QED) is 0.866. The molecule has 0 unspecified atom stereocenters. The molecule has 0 bridgehead atoms. The first kappa shape index (κ1) is 17.8. The summed E-state index contributed by atoms with van der Waals surface area (Å²) in [5.41, 5.74) is 0.814. The molecule has 5 nitrogen and oxygen atoms in total. The van der Waals surface area contributed by atoms with E-state index in [1.807, 2.05) is 25.1 Å². The molecule has 1 heterocycles. The van der Waals surface area contributed by atoms with Crippen molar-refractivity contribution < 1.29 is 14.3 Å². The molecule has 1 fully saturated rings. The third-order valence-electron chi connectivity index (χ3n) is 4.15. The Bertz CT molecular complexity index is 563. The number of nitrogens with zero attached hydrogens (tertiary/aromatic N) is 1. The van der Waals surface area contributed by atoms with Gasteiger partial charge in [0.05, 0.1) is 18.6 Å². The second-order valence-corrected chi connectivity index (χ2v) is 5.99. The minimum atomic E-state index is -0.355. The summed E-state index contributed by atoms with van der Waals surface area (Å²) in [6.45, 7) is 3.33. The number of rotatable bonds is 6. The van der Waals surface area contributed by atoms with E-state index in [4.69, 9.17) is 16.3 Å². The third kappa shape index (κ3) is 4.03. The highest BCUT2D eigenvalue weighted by atomic mass is 35.5. The van der Waals surface area contributed by atoms with Gasteiger partial charge in [0.2, 0.25) is 11.8 Å². The van der Waals surface area contributed by atoms with Gasteiger partial charge in [0.15, 0.2) is 0 Å². The summed E-state index contributed by atoms with van der Waals surface area (Å²) in [6, 6.07) is 7.05. The average Bonchev–Trinajstić information content (AvgIpc) is 2.54. The maximum Gasteiger partial charge on any atom is 0.225 e. The minimum Gasteiger partial charge on any atom is -0.383 e. The fourth-order valence-corrected chi connectivity index (χ4v) is 3.33. The van der Waals surface area contributed by atoms with E-state index in [2.05, 4.69) is 5.32 Å². The molecule has 6 heteroatoms. The first-order valence-electron chi connectivity index (χ1n) is 7.90. The van der Waals surface area contributed by atoms with Gasteiger partial charge >= 0.3 is 0 Å². The standard InChI is InChI=1S/C17H23ClN2O3/c1-3-19-17(22)13-8-9-15(21)20(10-11-23-2)16(13)12-6-4-5-7-14(12)18/h4-7,13,16H,3,8-11H2,1-2H3,(H,19,22)/t13-,16+/m1/s1. The van der Waals surface area contributed by atoms with Crippen molar-refractivity contribution in [2.75, 3.05) is 26.8 Å². The average molecular weight is 339 g/mol. The molecule has 0 aliphatic carbocycles. The van der Waals surface area contributed by atoms with Crippen LogP contribution in [0.15, 0.2) is 24.3 Å². The Labute approximate surface area is 141 Å². The van der Waals surface area contributed by atoms with Crippen molar-refractivity contribution in [3.63, 3.8) is 0 Å². The number of hydrogen-bond donors (Lipinski definition) is 1. The van der Waals surface area contributed by atoms with Crippen molar-refractivity contribution in [1.29, 1.82) is 0 Å². The highest BCUT2D eigenvalue weighted by Crippen LogP contribution is 2.39. The van der Waals surface area contributed by atoms with Crippen molar-refractivity contribution in [1.82, 2.24) is 10.2 Å². The zero-order valence-electron chi connectivity index (χ0n) is 13.5. The zero-order chi connectivity index (χ0) is 16.8. The van der Waals surface area contributed by atoms with Gasteiger partial charge in [0.25, 0.3) is 0 Å². The van der Waals surface area contributed by atoms with Crippen LogP contribution in [0.1, 0.15) is 31.4 Å². The SMILES string of the molecule is CCNC(=O)[C@@H]1CCC(=O)N(CCOC)[C@H]1c1ccccc1Cl. The zero-order valence-corrected chi connectivity index (χ0v) is 14.3. The Balaban J connectivity index is 2.40. The van der Waals surface area contributed by atoms with Crippen LogP contribution in [0.25, 0.3) is 0 Å². The molecule has 0 aromatic heterocycles. The highest BCUT2D eigenvalue weighted by Gasteiger charge is 2.40. The molecular weight excluding hydrogens is 316 g/mol. The lowest BCUT2D eigenvalue weighted by Gasteiger charge is -2.41. The second-order valence-electron chi connectivity index (χ2n) is 5.59. The van der Waals surface area contributed by atoms with Crippen LogP contribution in [0.5, 0.6) is 0 Å². The smallest absolute Gasteiger partial charge is 0.225 e. The predicted octanol–water partition coefficient (Wildman–Crippen LogP) is 2.40. The summed E-state index contributed by atoms with van der Waals surface area (Å²) in [5, 5.41) is 3.45. The second kappa shape index (κ2) is 8.31. The fraction of sp³-hybridized carbons (Fsp3) is 0.529. The number of carbonyl (C=O) groups is 2. The van der Waals surface area contributed by atoms with Gasteiger partial charge in [-0.05, 0) is 25.0 Å². The first-order chi connectivity index (χ1) is 11.1. The van der Waals surface area contributed by atoms with Crippen molar-refractivity contribution in [3.8, 4) is 0 Å². The van der Waals surface area contributed by atoms with Crippen molar-refractivity contribution >= 4 is 23.4 Å². The molecule has 2 rings (SSSR count). The Morgan fingerprint density at radius 2 is 2.17 bits per heavy atom. The van der Waals surface area contributed by atoms with Gasteiger partial charge in [-0.25, -0.2) is 0 Å². The number of carbonyl (C=O) groups excluding carboxylic acids is 2. The van der Waals surface area contributed by atoms with Crippen LogP contribution in [0, 0.1) is 5.92 Å². The Morgan fingerprint density at radius 3 is 2.83 bits per heavy atom. The molecule has 0 saturated carbocycles. The van der Waals surface area contributed by atoms with Gasteiger partial charge in [0.1, 0.15) is 0 Å². The Kier molecular flexibility index (Phi) is 6.42. The van der Waals surface area contributed by atoms with E-state index < -0.39 is 0 Å². The maximum absolute atomic E-state index is 12.5. The molecular formula is C17H23ClN2O3. The van der Waals surface area contributed by atoms with Crippen molar-refractivity contribution in [2.24, 2.45) is 5.92 Å². The molecule has 1 N–H and O–H groups in total. The fourth-order valence-electron chi connectivity index (χ4n) is 3.09. The molecule has 23 heavy (non-hydrogen) atoms. The lowest BCUT2D eigenvalue weighted by atomic mass is 9.83. The normalized spacial score (nSPS) is 21.3. The van der Waals surface area contributed by atoms with E-state index in [0.717, 1.165) is 5.56 Å². The number of likely N-dealkylation sites (tertiary alicyclic amines) is 1. The number of benzene rings is 1. The summed E-state index contributed by atoms with van der Waals surface area (Å²) in [7, 11) is 1.60. The van der Waals surface area contributed by atoms with Crippen LogP contribution in [0.4, 0.5) is 0 Å². The molecule has 1 aliphatic heterocycles. The van der Waals surface area contributed by atoms with Gasteiger partial charge < -0.3 is 15.0 Å². The summed E-state index contributed by atoms with van der Waals surface area (Å²) in [5.74, 6) is -0.302. The lowest BCUT2D eigenvalue weighted by molar-refractivity contribution is -0.144. The molecule has 0 spiro atoms. The van der Waals surface area contributed by atoms with E-state index in [1.54, 1.807) is 18.1 Å². The number of methoxy groups -OCH3 is 1. The van der Waals surface area contributed by atoms with E-state index in [-0.39, 0.29) is 23.8 Å². The molecule has 1 aromatic carbocycles. The van der Waals surface area contributed by atoms with Crippen LogP contribution in [-0.2, 0) is 14.3 Å². The highest BCUT2D eigenvalue weighted by molar-refractivity contribution is 6.31. The topological polar surface area (TPSA) is 58.6 Å². The molecule has 0 radical (unpaired) electrons. The molecule has 1 aromatic rings.